The molecule has 1 aliphatic rings. The van der Waals surface area contributed by atoms with E-state index in [0.717, 1.165) is 24.1 Å². The van der Waals surface area contributed by atoms with Gasteiger partial charge in [-0.25, -0.2) is 0 Å². The summed E-state index contributed by atoms with van der Waals surface area (Å²) >= 11 is 0. The Labute approximate surface area is 95.7 Å². The fourth-order valence-corrected chi connectivity index (χ4v) is 2.23. The molecule has 16 heavy (non-hydrogen) atoms. The number of aryl methyl sites for hydroxylation is 1. The molecule has 3 nitrogen and oxygen atoms in total. The Balaban J connectivity index is 2.34. The number of benzene rings is 1. The molecule has 0 radical (unpaired) electrons. The first-order valence-electron chi connectivity index (χ1n) is 5.69. The van der Waals surface area contributed by atoms with Crippen LogP contribution in [0, 0.1) is 18.3 Å². The zero-order valence-electron chi connectivity index (χ0n) is 9.45. The van der Waals surface area contributed by atoms with Crippen LogP contribution < -0.4 is 5.32 Å². The Hall–Kier alpha value is -1.53. The Morgan fingerprint density at radius 3 is 2.88 bits per heavy atom. The summed E-state index contributed by atoms with van der Waals surface area (Å²) in [6, 6.07) is 6.14. The summed E-state index contributed by atoms with van der Waals surface area (Å²) in [5, 5.41) is 22.1. The van der Waals surface area contributed by atoms with Gasteiger partial charge >= 0.3 is 0 Å². The third-order valence-corrected chi connectivity index (χ3v) is 3.16. The third-order valence-electron chi connectivity index (χ3n) is 3.16. The normalized spacial score (nSPS) is 20.4. The first-order valence-corrected chi connectivity index (χ1v) is 5.69. The second-order valence-electron chi connectivity index (χ2n) is 4.35. The molecule has 0 spiro atoms. The summed E-state index contributed by atoms with van der Waals surface area (Å²) in [4.78, 5) is 0. The Kier molecular flexibility index (Phi) is 3.12. The quantitative estimate of drug-likeness (QED) is 0.757. The summed E-state index contributed by atoms with van der Waals surface area (Å²) in [5.74, 6) is 0.113. The minimum Gasteiger partial charge on any atom is -0.506 e. The molecule has 1 aromatic carbocycles. The molecule has 1 aliphatic heterocycles. The topological polar surface area (TPSA) is 56.0 Å². The Morgan fingerprint density at radius 2 is 2.25 bits per heavy atom. The van der Waals surface area contributed by atoms with Gasteiger partial charge < -0.3 is 10.4 Å². The molecule has 1 fully saturated rings. The van der Waals surface area contributed by atoms with E-state index in [2.05, 4.69) is 5.32 Å². The number of phenols is 1. The number of piperidine rings is 1. The van der Waals surface area contributed by atoms with Gasteiger partial charge in [-0.3, -0.25) is 0 Å². The van der Waals surface area contributed by atoms with Crippen molar-refractivity contribution in [2.45, 2.75) is 32.2 Å². The van der Waals surface area contributed by atoms with E-state index in [1.54, 1.807) is 6.07 Å². The summed E-state index contributed by atoms with van der Waals surface area (Å²) in [6.07, 6.45) is 3.55. The van der Waals surface area contributed by atoms with Crippen molar-refractivity contribution < 1.29 is 5.11 Å². The molecule has 84 valence electrons. The van der Waals surface area contributed by atoms with Gasteiger partial charge in [0.2, 0.25) is 0 Å². The van der Waals surface area contributed by atoms with E-state index in [0.29, 0.717) is 11.6 Å². The second kappa shape index (κ2) is 4.54. The predicted octanol–water partition coefficient (Wildman–Crippen LogP) is 2.39. The summed E-state index contributed by atoms with van der Waals surface area (Å²) in [6.45, 7) is 2.87. The van der Waals surface area contributed by atoms with Gasteiger partial charge in [-0.15, -0.1) is 0 Å². The molecule has 1 aromatic rings. The van der Waals surface area contributed by atoms with E-state index in [9.17, 15) is 5.11 Å². The fourth-order valence-electron chi connectivity index (χ4n) is 2.23. The lowest BCUT2D eigenvalue weighted by Gasteiger charge is -2.24. The average Bonchev–Trinajstić information content (AvgIpc) is 2.33. The molecule has 0 saturated carbocycles. The Bertz CT molecular complexity index is 428. The first kappa shape index (κ1) is 11.0. The second-order valence-corrected chi connectivity index (χ2v) is 4.35. The minimum atomic E-state index is 0.113. The monoisotopic (exact) mass is 216 g/mol. The molecular weight excluding hydrogens is 200 g/mol. The van der Waals surface area contributed by atoms with Crippen LogP contribution >= 0.6 is 0 Å². The number of phenolic OH excluding ortho intramolecular Hbond substituents is 1. The number of aromatic hydroxyl groups is 1. The molecule has 1 unspecified atom stereocenters. The first-order chi connectivity index (χ1) is 7.72. The van der Waals surface area contributed by atoms with Crippen LogP contribution in [0.1, 0.15) is 42.0 Å². The van der Waals surface area contributed by atoms with Crippen LogP contribution in [0.5, 0.6) is 5.75 Å². The summed E-state index contributed by atoms with van der Waals surface area (Å²) < 4.78 is 0. The van der Waals surface area contributed by atoms with E-state index in [4.69, 9.17) is 5.26 Å². The molecule has 2 N–H and O–H groups in total. The van der Waals surface area contributed by atoms with Gasteiger partial charge in [-0.2, -0.15) is 5.26 Å². The van der Waals surface area contributed by atoms with E-state index in [1.165, 1.54) is 12.8 Å². The zero-order valence-corrected chi connectivity index (χ0v) is 9.45. The fraction of sp³-hybridized carbons (Fsp3) is 0.462. The van der Waals surface area contributed by atoms with Crippen LogP contribution in [0.4, 0.5) is 0 Å². The van der Waals surface area contributed by atoms with E-state index in [-0.39, 0.29) is 5.75 Å². The molecule has 1 saturated heterocycles. The highest BCUT2D eigenvalue weighted by Crippen LogP contribution is 2.29. The average molecular weight is 216 g/mol. The van der Waals surface area contributed by atoms with Crippen LogP contribution in [0.25, 0.3) is 0 Å². The maximum absolute atomic E-state index is 9.68. The lowest BCUT2D eigenvalue weighted by Crippen LogP contribution is -2.26. The summed E-state index contributed by atoms with van der Waals surface area (Å²) in [5.41, 5.74) is 2.27. The van der Waals surface area contributed by atoms with E-state index < -0.39 is 0 Å². The molecule has 1 heterocycles. The van der Waals surface area contributed by atoms with Gasteiger partial charge in [-0.05, 0) is 43.5 Å². The van der Waals surface area contributed by atoms with Crippen LogP contribution in [-0.2, 0) is 0 Å². The van der Waals surface area contributed by atoms with Gasteiger partial charge in [0, 0.05) is 6.04 Å². The third kappa shape index (κ3) is 2.02. The Morgan fingerprint density at radius 1 is 1.44 bits per heavy atom. The maximum atomic E-state index is 9.68. The zero-order chi connectivity index (χ0) is 11.5. The van der Waals surface area contributed by atoms with Gasteiger partial charge in [0.25, 0.3) is 0 Å². The highest BCUT2D eigenvalue weighted by Gasteiger charge is 2.17. The van der Waals surface area contributed by atoms with Crippen molar-refractivity contribution in [3.8, 4) is 11.8 Å². The van der Waals surface area contributed by atoms with Gasteiger partial charge in [0.1, 0.15) is 11.8 Å². The van der Waals surface area contributed by atoms with Crippen LogP contribution in [0.3, 0.4) is 0 Å². The van der Waals surface area contributed by atoms with Crippen molar-refractivity contribution in [1.29, 1.82) is 5.26 Å². The van der Waals surface area contributed by atoms with E-state index >= 15 is 0 Å². The number of nitrogens with zero attached hydrogens (tertiary/aromatic N) is 1. The van der Waals surface area contributed by atoms with Crippen LogP contribution in [0.2, 0.25) is 0 Å². The maximum Gasteiger partial charge on any atom is 0.136 e. The van der Waals surface area contributed by atoms with Gasteiger partial charge in [0.05, 0.1) is 5.56 Å². The number of hydrogen-bond acceptors (Lipinski definition) is 3. The van der Waals surface area contributed by atoms with Crippen molar-refractivity contribution in [2.75, 3.05) is 6.54 Å². The molecular formula is C13H16N2O. The van der Waals surface area contributed by atoms with E-state index in [1.807, 2.05) is 19.1 Å². The highest BCUT2D eigenvalue weighted by atomic mass is 16.3. The molecule has 0 amide bonds. The van der Waals surface area contributed by atoms with Crippen molar-refractivity contribution >= 4 is 0 Å². The molecule has 1 atom stereocenters. The van der Waals surface area contributed by atoms with Crippen LogP contribution in [-0.4, -0.2) is 11.7 Å². The lowest BCUT2D eigenvalue weighted by atomic mass is 9.94. The SMILES string of the molecule is Cc1cc(C2CCCCN2)cc(C#N)c1O. The molecule has 2 rings (SSSR count). The van der Waals surface area contributed by atoms with Crippen molar-refractivity contribution in [3.63, 3.8) is 0 Å². The molecule has 0 bridgehead atoms. The number of nitriles is 1. The predicted molar refractivity (Wildman–Crippen MR) is 62.2 cm³/mol. The largest absolute Gasteiger partial charge is 0.506 e. The number of nitrogens with one attached hydrogen (secondary N) is 1. The van der Waals surface area contributed by atoms with Gasteiger partial charge in [0.15, 0.2) is 0 Å². The van der Waals surface area contributed by atoms with Crippen molar-refractivity contribution in [3.05, 3.63) is 28.8 Å². The lowest BCUT2D eigenvalue weighted by molar-refractivity contribution is 0.411. The van der Waals surface area contributed by atoms with Crippen LogP contribution in [0.15, 0.2) is 12.1 Å². The van der Waals surface area contributed by atoms with Crippen molar-refractivity contribution in [2.24, 2.45) is 0 Å². The standard InChI is InChI=1S/C13H16N2O/c1-9-6-10(7-11(8-14)13(9)16)12-4-2-3-5-15-12/h6-7,12,15-16H,2-5H2,1H3. The molecule has 0 aliphatic carbocycles. The van der Waals surface area contributed by atoms with Gasteiger partial charge in [-0.1, -0.05) is 12.5 Å². The smallest absolute Gasteiger partial charge is 0.136 e. The molecule has 0 aromatic heterocycles. The number of hydrogen-bond donors (Lipinski definition) is 2. The highest BCUT2D eigenvalue weighted by molar-refractivity contribution is 5.50. The number of rotatable bonds is 1. The summed E-state index contributed by atoms with van der Waals surface area (Å²) in [7, 11) is 0. The minimum absolute atomic E-state index is 0.113. The van der Waals surface area contributed by atoms with Crippen molar-refractivity contribution in [1.82, 2.24) is 5.32 Å². The molecule has 3 heteroatoms.